The second kappa shape index (κ2) is 6.07. The van der Waals surface area contributed by atoms with Gasteiger partial charge < -0.3 is 15.4 Å². The monoisotopic (exact) mass is 295 g/mol. The van der Waals surface area contributed by atoms with Crippen LogP contribution in [0.5, 0.6) is 0 Å². The molecule has 0 fully saturated rings. The number of amides is 1. The molecule has 116 valence electrons. The van der Waals surface area contributed by atoms with Gasteiger partial charge in [-0.05, 0) is 19.3 Å². The van der Waals surface area contributed by atoms with Gasteiger partial charge in [-0.15, -0.1) is 0 Å². The molecule has 0 aliphatic rings. The molecule has 0 spiro atoms. The number of carbonyl (C=O) groups excluding carboxylic acids is 1. The third-order valence-electron chi connectivity index (χ3n) is 3.21. The van der Waals surface area contributed by atoms with Crippen molar-refractivity contribution in [3.05, 3.63) is 27.4 Å². The van der Waals surface area contributed by atoms with Gasteiger partial charge in [0.25, 0.3) is 0 Å². The van der Waals surface area contributed by atoms with Gasteiger partial charge in [-0.25, -0.2) is 9.59 Å². The van der Waals surface area contributed by atoms with Crippen LogP contribution < -0.4 is 11.0 Å². The predicted molar refractivity (Wildman–Crippen MR) is 77.1 cm³/mol. The molecule has 0 saturated heterocycles. The molecule has 0 unspecified atom stereocenters. The van der Waals surface area contributed by atoms with Gasteiger partial charge in [0, 0.05) is 17.0 Å². The highest BCUT2D eigenvalue weighted by molar-refractivity contribution is 5.85. The maximum atomic E-state index is 12.1. The molecule has 0 aliphatic heterocycles. The average Bonchev–Trinajstić information content (AvgIpc) is 2.28. The van der Waals surface area contributed by atoms with Crippen LogP contribution in [0, 0.1) is 19.3 Å². The van der Waals surface area contributed by atoms with E-state index >= 15 is 0 Å². The van der Waals surface area contributed by atoms with E-state index in [1.807, 2.05) is 0 Å². The Morgan fingerprint density at radius 2 is 1.90 bits per heavy atom. The van der Waals surface area contributed by atoms with Crippen LogP contribution in [0.25, 0.3) is 0 Å². The molecule has 0 aliphatic carbocycles. The van der Waals surface area contributed by atoms with Gasteiger partial charge >= 0.3 is 11.7 Å². The fraction of sp³-hybridized carbons (Fsp3) is 0.571. The van der Waals surface area contributed by atoms with Crippen molar-refractivity contribution in [3.63, 3.8) is 0 Å². The molecule has 0 bridgehead atoms. The molecule has 1 amide bonds. The second-order valence-corrected chi connectivity index (χ2v) is 6.11. The molecular formula is C14H21N3O4. The largest absolute Gasteiger partial charge is 0.480 e. The number of hydrogen-bond donors (Lipinski definition) is 3. The second-order valence-electron chi connectivity index (χ2n) is 6.11. The number of aliphatic carboxylic acids is 1. The maximum Gasteiger partial charge on any atom is 0.345 e. The number of rotatable bonds is 4. The summed E-state index contributed by atoms with van der Waals surface area (Å²) in [6, 6.07) is -0.985. The van der Waals surface area contributed by atoms with Gasteiger partial charge in [-0.2, -0.15) is 4.98 Å². The molecule has 1 atom stereocenters. The number of nitrogens with zero attached hydrogens (tertiary/aromatic N) is 1. The summed E-state index contributed by atoms with van der Waals surface area (Å²) in [5.74, 6) is -1.50. The number of aromatic nitrogens is 2. The number of carboxylic acids is 1. The van der Waals surface area contributed by atoms with Crippen molar-refractivity contribution in [2.75, 3.05) is 0 Å². The topological polar surface area (TPSA) is 112 Å². The number of H-pyrrole nitrogens is 1. The smallest absolute Gasteiger partial charge is 0.345 e. The van der Waals surface area contributed by atoms with Crippen molar-refractivity contribution < 1.29 is 14.7 Å². The van der Waals surface area contributed by atoms with Gasteiger partial charge in [-0.3, -0.25) is 4.79 Å². The van der Waals surface area contributed by atoms with E-state index in [1.54, 1.807) is 34.6 Å². The zero-order chi connectivity index (χ0) is 16.4. The Morgan fingerprint density at radius 3 is 2.33 bits per heavy atom. The lowest BCUT2D eigenvalue weighted by Crippen LogP contribution is -2.49. The Labute approximate surface area is 122 Å². The number of nitrogens with one attached hydrogen (secondary N) is 2. The van der Waals surface area contributed by atoms with E-state index in [1.165, 1.54) is 0 Å². The molecule has 1 aromatic rings. The number of carbonyl (C=O) groups is 2. The Bertz CT molecular complexity index is 587. The minimum atomic E-state index is -1.08. The first-order valence-corrected chi connectivity index (χ1v) is 6.61. The number of carboxylic acid groups (broad SMARTS) is 1. The average molecular weight is 295 g/mol. The Hall–Kier alpha value is -2.18. The molecular weight excluding hydrogens is 274 g/mol. The summed E-state index contributed by atoms with van der Waals surface area (Å²) in [7, 11) is 0. The highest BCUT2D eigenvalue weighted by atomic mass is 16.4. The van der Waals surface area contributed by atoms with Crippen molar-refractivity contribution in [3.8, 4) is 0 Å². The van der Waals surface area contributed by atoms with Crippen molar-refractivity contribution >= 4 is 11.9 Å². The summed E-state index contributed by atoms with van der Waals surface area (Å²) < 4.78 is 0. The van der Waals surface area contributed by atoms with E-state index in [4.69, 9.17) is 0 Å². The van der Waals surface area contributed by atoms with Gasteiger partial charge in [-0.1, -0.05) is 20.8 Å². The van der Waals surface area contributed by atoms with Crippen LogP contribution in [0.2, 0.25) is 0 Å². The summed E-state index contributed by atoms with van der Waals surface area (Å²) >= 11 is 0. The van der Waals surface area contributed by atoms with E-state index < -0.39 is 29.0 Å². The van der Waals surface area contributed by atoms with Crippen LogP contribution >= 0.6 is 0 Å². The lowest BCUT2D eigenvalue weighted by molar-refractivity contribution is -0.144. The molecule has 7 nitrogen and oxygen atoms in total. The molecule has 1 aromatic heterocycles. The summed E-state index contributed by atoms with van der Waals surface area (Å²) in [6.45, 7) is 8.54. The lowest BCUT2D eigenvalue weighted by atomic mass is 9.86. The van der Waals surface area contributed by atoms with Gasteiger partial charge in [0.2, 0.25) is 5.91 Å². The molecule has 0 aromatic carbocycles. The minimum Gasteiger partial charge on any atom is -0.480 e. The quantitative estimate of drug-likeness (QED) is 0.750. The van der Waals surface area contributed by atoms with Crippen molar-refractivity contribution in [1.29, 1.82) is 0 Å². The fourth-order valence-electron chi connectivity index (χ4n) is 2.04. The fourth-order valence-corrected chi connectivity index (χ4v) is 2.04. The summed E-state index contributed by atoms with van der Waals surface area (Å²) in [4.78, 5) is 40.8. The van der Waals surface area contributed by atoms with Crippen LogP contribution in [0.1, 0.15) is 37.7 Å². The standard InChI is InChI=1S/C14H21N3O4/c1-7-9(8(2)16-13(21)15-7)6-10(18)17-11(12(19)20)14(3,4)5/h11H,6H2,1-5H3,(H,17,18)(H,19,20)(H,15,16,21)/t11-/m1/s1. The van der Waals surface area contributed by atoms with Crippen LogP contribution in [-0.2, 0) is 16.0 Å². The zero-order valence-corrected chi connectivity index (χ0v) is 12.9. The Balaban J connectivity index is 2.92. The van der Waals surface area contributed by atoms with Crippen molar-refractivity contribution in [2.45, 2.75) is 47.1 Å². The number of hydrogen-bond acceptors (Lipinski definition) is 4. The summed E-state index contributed by atoms with van der Waals surface area (Å²) in [5.41, 5.74) is 0.561. The highest BCUT2D eigenvalue weighted by Crippen LogP contribution is 2.19. The molecule has 0 radical (unpaired) electrons. The van der Waals surface area contributed by atoms with Gasteiger partial charge in [0.05, 0.1) is 6.42 Å². The molecule has 1 heterocycles. The number of aromatic amines is 1. The van der Waals surface area contributed by atoms with Crippen molar-refractivity contribution in [1.82, 2.24) is 15.3 Å². The van der Waals surface area contributed by atoms with E-state index in [0.29, 0.717) is 17.0 Å². The molecule has 7 heteroatoms. The lowest BCUT2D eigenvalue weighted by Gasteiger charge is -2.27. The SMILES string of the molecule is Cc1nc(=O)[nH]c(C)c1CC(=O)N[C@H](C(=O)O)C(C)(C)C. The van der Waals surface area contributed by atoms with Crippen LogP contribution in [-0.4, -0.2) is 33.0 Å². The van der Waals surface area contributed by atoms with E-state index in [0.717, 1.165) is 0 Å². The minimum absolute atomic E-state index is 0.0265. The van der Waals surface area contributed by atoms with E-state index in [-0.39, 0.29) is 6.42 Å². The zero-order valence-electron chi connectivity index (χ0n) is 12.9. The van der Waals surface area contributed by atoms with Gasteiger partial charge in [0.1, 0.15) is 6.04 Å². The normalized spacial score (nSPS) is 12.8. The molecule has 1 rings (SSSR count). The summed E-state index contributed by atoms with van der Waals surface area (Å²) in [5, 5.41) is 11.7. The predicted octanol–water partition coefficient (Wildman–Crippen LogP) is 0.545. The third kappa shape index (κ3) is 4.40. The van der Waals surface area contributed by atoms with Crippen LogP contribution in [0.15, 0.2) is 4.79 Å². The third-order valence-corrected chi connectivity index (χ3v) is 3.21. The van der Waals surface area contributed by atoms with E-state index in [2.05, 4.69) is 15.3 Å². The maximum absolute atomic E-state index is 12.1. The number of aryl methyl sites for hydroxylation is 2. The summed E-state index contributed by atoms with van der Waals surface area (Å²) in [6.07, 6.45) is -0.0265. The van der Waals surface area contributed by atoms with E-state index in [9.17, 15) is 19.5 Å². The van der Waals surface area contributed by atoms with Crippen LogP contribution in [0.4, 0.5) is 0 Å². The van der Waals surface area contributed by atoms with Crippen molar-refractivity contribution in [2.24, 2.45) is 5.41 Å². The Morgan fingerprint density at radius 1 is 1.33 bits per heavy atom. The van der Waals surface area contributed by atoms with Crippen LogP contribution in [0.3, 0.4) is 0 Å². The molecule has 0 saturated carbocycles. The molecule has 21 heavy (non-hydrogen) atoms. The first-order valence-electron chi connectivity index (χ1n) is 6.61. The first kappa shape index (κ1) is 16.9. The van der Waals surface area contributed by atoms with Gasteiger partial charge in [0.15, 0.2) is 0 Å². The Kier molecular flexibility index (Phi) is 4.88. The first-order chi connectivity index (χ1) is 9.52. The highest BCUT2D eigenvalue weighted by Gasteiger charge is 2.32. The molecule has 3 N–H and O–H groups in total.